The van der Waals surface area contributed by atoms with Gasteiger partial charge in [-0.3, -0.25) is 4.79 Å². The highest BCUT2D eigenvalue weighted by Crippen LogP contribution is 2.12. The molecule has 2 N–H and O–H groups in total. The molecule has 4 nitrogen and oxygen atoms in total. The van der Waals surface area contributed by atoms with E-state index in [0.29, 0.717) is 0 Å². The van der Waals surface area contributed by atoms with Crippen molar-refractivity contribution in [3.05, 3.63) is 35.4 Å². The van der Waals surface area contributed by atoms with Crippen LogP contribution in [0.15, 0.2) is 18.2 Å². The molecule has 6 heteroatoms. The zero-order chi connectivity index (χ0) is 14.6. The SMILES string of the molecule is [2H]C([2H])(CCC(=O)c1cc(F)ccc1F)NC(=O)O. The molecule has 0 saturated heterocycles. The van der Waals surface area contributed by atoms with Gasteiger partial charge in [-0.25, -0.2) is 13.6 Å². The van der Waals surface area contributed by atoms with Crippen LogP contribution in [0.2, 0.25) is 0 Å². The Hall–Kier alpha value is -1.98. The molecule has 0 spiro atoms. The molecule has 1 aromatic rings. The number of amides is 1. The Balaban J connectivity index is 2.70. The first-order valence-corrected chi connectivity index (χ1v) is 4.70. The number of halogens is 2. The molecule has 0 aliphatic carbocycles. The van der Waals surface area contributed by atoms with Gasteiger partial charge in [0.25, 0.3) is 0 Å². The Bertz CT molecular complexity index is 509. The topological polar surface area (TPSA) is 66.4 Å². The Morgan fingerprint density at radius 2 is 2.12 bits per heavy atom. The van der Waals surface area contributed by atoms with Crippen LogP contribution >= 0.6 is 0 Å². The van der Waals surface area contributed by atoms with E-state index in [1.54, 1.807) is 5.32 Å². The van der Waals surface area contributed by atoms with Gasteiger partial charge in [-0.05, 0) is 24.6 Å². The zero-order valence-corrected chi connectivity index (χ0v) is 8.67. The summed E-state index contributed by atoms with van der Waals surface area (Å²) in [5.74, 6) is -2.48. The van der Waals surface area contributed by atoms with Crippen molar-refractivity contribution >= 4 is 11.9 Å². The van der Waals surface area contributed by atoms with Crippen molar-refractivity contribution in [2.24, 2.45) is 0 Å². The summed E-state index contributed by atoms with van der Waals surface area (Å²) in [5.41, 5.74) is -0.480. The number of ketones is 1. The van der Waals surface area contributed by atoms with Crippen molar-refractivity contribution < 1.29 is 26.2 Å². The van der Waals surface area contributed by atoms with E-state index in [-0.39, 0.29) is 0 Å². The fraction of sp³-hybridized carbons (Fsp3) is 0.273. The Labute approximate surface area is 99.1 Å². The summed E-state index contributed by atoms with van der Waals surface area (Å²) in [6.45, 7) is -2.31. The van der Waals surface area contributed by atoms with Crippen molar-refractivity contribution in [1.82, 2.24) is 5.32 Å². The van der Waals surface area contributed by atoms with E-state index in [1.165, 1.54) is 0 Å². The average molecular weight is 245 g/mol. The molecule has 0 radical (unpaired) electrons. The standard InChI is InChI=1S/C11H11F2NO3/c12-7-3-4-9(13)8(6-7)10(15)2-1-5-14-11(16)17/h3-4,6,14H,1-2,5H2,(H,16,17)/i5D2. The second kappa shape index (κ2) is 5.93. The van der Waals surface area contributed by atoms with Crippen LogP contribution in [-0.2, 0) is 0 Å². The van der Waals surface area contributed by atoms with Crippen LogP contribution in [0.1, 0.15) is 25.9 Å². The number of hydrogen-bond donors (Lipinski definition) is 2. The number of carbonyl (C=O) groups excluding carboxylic acids is 1. The van der Waals surface area contributed by atoms with Gasteiger partial charge in [0, 0.05) is 15.7 Å². The summed E-state index contributed by atoms with van der Waals surface area (Å²) in [6.07, 6.45) is -2.50. The number of carbonyl (C=O) groups is 2. The average Bonchev–Trinajstić information content (AvgIpc) is 2.27. The van der Waals surface area contributed by atoms with Crippen molar-refractivity contribution in [2.45, 2.75) is 12.8 Å². The van der Waals surface area contributed by atoms with Gasteiger partial charge in [-0.15, -0.1) is 0 Å². The smallest absolute Gasteiger partial charge is 0.404 e. The fourth-order valence-corrected chi connectivity index (χ4v) is 1.16. The number of carboxylic acid groups (broad SMARTS) is 1. The predicted octanol–water partition coefficient (Wildman–Crippen LogP) is 2.20. The number of hydrogen-bond acceptors (Lipinski definition) is 2. The molecule has 1 amide bonds. The second-order valence-electron chi connectivity index (χ2n) is 3.15. The minimum absolute atomic E-state index is 0.451. The number of nitrogens with one attached hydrogen (secondary N) is 1. The summed E-state index contributed by atoms with van der Waals surface area (Å²) >= 11 is 0. The van der Waals surface area contributed by atoms with Crippen LogP contribution in [0.4, 0.5) is 13.6 Å². The lowest BCUT2D eigenvalue weighted by Gasteiger charge is -2.03. The highest BCUT2D eigenvalue weighted by molar-refractivity contribution is 5.96. The Kier molecular flexibility index (Phi) is 3.56. The third-order valence-electron chi connectivity index (χ3n) is 1.90. The molecular formula is C11H11F2NO3. The highest BCUT2D eigenvalue weighted by Gasteiger charge is 2.12. The van der Waals surface area contributed by atoms with Gasteiger partial charge in [0.1, 0.15) is 11.6 Å². The monoisotopic (exact) mass is 245 g/mol. The van der Waals surface area contributed by atoms with E-state index in [1.807, 2.05) is 0 Å². The van der Waals surface area contributed by atoms with Gasteiger partial charge in [0.2, 0.25) is 0 Å². The normalized spacial score (nSPS) is 12.6. The maximum Gasteiger partial charge on any atom is 0.404 e. The maximum atomic E-state index is 13.3. The molecule has 0 aliphatic heterocycles. The lowest BCUT2D eigenvalue weighted by Crippen LogP contribution is -2.22. The molecule has 0 atom stereocenters. The second-order valence-corrected chi connectivity index (χ2v) is 3.15. The third kappa shape index (κ3) is 4.18. The van der Waals surface area contributed by atoms with E-state index in [9.17, 15) is 18.4 Å². The van der Waals surface area contributed by atoms with Crippen molar-refractivity contribution in [1.29, 1.82) is 0 Å². The summed E-state index contributed by atoms with van der Waals surface area (Å²) < 4.78 is 40.7. The number of rotatable bonds is 5. The van der Waals surface area contributed by atoms with Crippen LogP contribution in [-0.4, -0.2) is 23.5 Å². The van der Waals surface area contributed by atoms with E-state index in [2.05, 4.69) is 0 Å². The molecular weight excluding hydrogens is 232 g/mol. The maximum absolute atomic E-state index is 13.3. The third-order valence-corrected chi connectivity index (χ3v) is 1.90. The van der Waals surface area contributed by atoms with Crippen molar-refractivity contribution in [2.75, 3.05) is 6.50 Å². The summed E-state index contributed by atoms with van der Waals surface area (Å²) in [7, 11) is 0. The lowest BCUT2D eigenvalue weighted by atomic mass is 10.1. The molecule has 0 aliphatic rings. The molecule has 92 valence electrons. The van der Waals surface area contributed by atoms with Gasteiger partial charge in [-0.2, -0.15) is 0 Å². The van der Waals surface area contributed by atoms with E-state index < -0.39 is 48.4 Å². The molecule has 1 rings (SSSR count). The molecule has 0 fully saturated rings. The minimum atomic E-state index is -2.31. The summed E-state index contributed by atoms with van der Waals surface area (Å²) in [6, 6.07) is 2.38. The largest absolute Gasteiger partial charge is 0.465 e. The molecule has 0 aromatic heterocycles. The fourth-order valence-electron chi connectivity index (χ4n) is 1.16. The van der Waals surface area contributed by atoms with Gasteiger partial charge < -0.3 is 10.4 Å². The van der Waals surface area contributed by atoms with Crippen LogP contribution in [0.3, 0.4) is 0 Å². The predicted molar refractivity (Wildman–Crippen MR) is 56.0 cm³/mol. The molecule has 1 aromatic carbocycles. The number of Topliss-reactive ketones (excluding diaryl/α,β-unsaturated/α-hetero) is 1. The lowest BCUT2D eigenvalue weighted by molar-refractivity contribution is 0.0975. The molecule has 17 heavy (non-hydrogen) atoms. The van der Waals surface area contributed by atoms with Crippen LogP contribution in [0, 0.1) is 11.6 Å². The molecule has 0 unspecified atom stereocenters. The van der Waals surface area contributed by atoms with Crippen LogP contribution in [0.5, 0.6) is 0 Å². The van der Waals surface area contributed by atoms with Crippen molar-refractivity contribution in [3.63, 3.8) is 0 Å². The molecule has 0 bridgehead atoms. The van der Waals surface area contributed by atoms with Crippen LogP contribution < -0.4 is 5.32 Å². The number of benzene rings is 1. The molecule has 0 saturated carbocycles. The van der Waals surface area contributed by atoms with E-state index >= 15 is 0 Å². The van der Waals surface area contributed by atoms with Gasteiger partial charge in [0.05, 0.1) is 5.56 Å². The Morgan fingerprint density at radius 1 is 1.41 bits per heavy atom. The van der Waals surface area contributed by atoms with Crippen molar-refractivity contribution in [3.8, 4) is 0 Å². The van der Waals surface area contributed by atoms with Gasteiger partial charge in [-0.1, -0.05) is 0 Å². The first kappa shape index (κ1) is 10.2. The highest BCUT2D eigenvalue weighted by atomic mass is 19.1. The van der Waals surface area contributed by atoms with Gasteiger partial charge >= 0.3 is 6.09 Å². The van der Waals surface area contributed by atoms with Crippen LogP contribution in [0.25, 0.3) is 0 Å². The first-order chi connectivity index (χ1) is 8.71. The first-order valence-electron chi connectivity index (χ1n) is 5.70. The zero-order valence-electron chi connectivity index (χ0n) is 10.7. The minimum Gasteiger partial charge on any atom is -0.465 e. The summed E-state index contributed by atoms with van der Waals surface area (Å²) in [5, 5.41) is 9.95. The van der Waals surface area contributed by atoms with E-state index in [0.717, 1.165) is 18.2 Å². The summed E-state index contributed by atoms with van der Waals surface area (Å²) in [4.78, 5) is 21.9. The van der Waals surface area contributed by atoms with E-state index in [4.69, 9.17) is 7.85 Å². The Morgan fingerprint density at radius 3 is 2.76 bits per heavy atom. The molecule has 0 heterocycles. The van der Waals surface area contributed by atoms with Gasteiger partial charge in [0.15, 0.2) is 5.78 Å². The quantitative estimate of drug-likeness (QED) is 0.781.